The van der Waals surface area contributed by atoms with Crippen molar-refractivity contribution in [1.82, 2.24) is 20.0 Å². The van der Waals surface area contributed by atoms with Gasteiger partial charge < -0.3 is 10.6 Å². The smallest absolute Gasteiger partial charge is 0.249 e. The molecule has 2 aliphatic carbocycles. The number of anilines is 2. The number of halogens is 4. The highest BCUT2D eigenvalue weighted by Crippen LogP contribution is 2.52. The maximum atomic E-state index is 13.8. The highest BCUT2D eigenvalue weighted by atomic mass is 35.5. The molecule has 0 bridgehead atoms. The lowest BCUT2D eigenvalue weighted by molar-refractivity contribution is -0.148. The standard InChI is InChI=1S/C28H25ClF3N7/c1-27(13-28(31,32)14-27)15-35-24-17(10-33)11-34-26-21(24)8-19(9-22(26)29)36-25(16-2-4-18(30)5-3-16)23-12-39(38-37-23)20-6-7-20/h2-5,8-9,11-12,20,25,36H,6-7,13-15H2,1H3,(H,34,35)/t25-/m0/s1/i25D. The lowest BCUT2D eigenvalue weighted by Crippen LogP contribution is -2.47. The first-order valence-corrected chi connectivity index (χ1v) is 13.0. The van der Waals surface area contributed by atoms with Crippen LogP contribution in [0.2, 0.25) is 5.02 Å². The summed E-state index contributed by atoms with van der Waals surface area (Å²) in [6.07, 6.45) is 4.58. The molecule has 200 valence electrons. The number of alkyl halides is 2. The third-order valence-electron chi connectivity index (χ3n) is 7.20. The Morgan fingerprint density at radius 2 is 2.00 bits per heavy atom. The van der Waals surface area contributed by atoms with Gasteiger partial charge in [0.15, 0.2) is 0 Å². The van der Waals surface area contributed by atoms with Crippen LogP contribution in [0.1, 0.15) is 62.9 Å². The zero-order valence-corrected chi connectivity index (χ0v) is 21.7. The first kappa shape index (κ1) is 24.2. The molecule has 2 fully saturated rings. The van der Waals surface area contributed by atoms with Crippen LogP contribution in [-0.4, -0.2) is 32.4 Å². The second-order valence-electron chi connectivity index (χ2n) is 10.7. The van der Waals surface area contributed by atoms with Crippen LogP contribution >= 0.6 is 11.6 Å². The number of pyridine rings is 1. The molecule has 0 unspecified atom stereocenters. The molecule has 2 aromatic heterocycles. The van der Waals surface area contributed by atoms with E-state index in [9.17, 15) is 19.8 Å². The number of fused-ring (bicyclic) bond motifs is 1. The zero-order chi connectivity index (χ0) is 28.3. The Labute approximate surface area is 229 Å². The van der Waals surface area contributed by atoms with Crippen molar-refractivity contribution in [2.24, 2.45) is 5.41 Å². The summed E-state index contributed by atoms with van der Waals surface area (Å²) in [7, 11) is 0. The summed E-state index contributed by atoms with van der Waals surface area (Å²) in [6.45, 7) is 2.01. The van der Waals surface area contributed by atoms with Crippen molar-refractivity contribution in [3.63, 3.8) is 0 Å². The molecule has 0 aliphatic heterocycles. The quantitative estimate of drug-likeness (QED) is 0.248. The summed E-state index contributed by atoms with van der Waals surface area (Å²) in [6, 6.07) is 9.55. The number of hydrogen-bond acceptors (Lipinski definition) is 6. The average Bonchev–Trinajstić information content (AvgIpc) is 3.62. The normalized spacial score (nSPS) is 19.4. The van der Waals surface area contributed by atoms with E-state index in [0.29, 0.717) is 33.5 Å². The van der Waals surface area contributed by atoms with Crippen molar-refractivity contribution in [3.8, 4) is 6.07 Å². The highest BCUT2D eigenvalue weighted by molar-refractivity contribution is 6.35. The van der Waals surface area contributed by atoms with Gasteiger partial charge in [-0.3, -0.25) is 4.98 Å². The number of nitriles is 1. The molecule has 0 saturated heterocycles. The molecule has 6 rings (SSSR count). The Bertz CT molecular complexity index is 1640. The topological polar surface area (TPSA) is 91.5 Å². The number of hydrogen-bond donors (Lipinski definition) is 2. The minimum absolute atomic E-state index is 0.230. The lowest BCUT2D eigenvalue weighted by Gasteiger charge is -2.45. The molecule has 2 aliphatic rings. The monoisotopic (exact) mass is 552 g/mol. The van der Waals surface area contributed by atoms with Gasteiger partial charge in [0.1, 0.15) is 17.6 Å². The Morgan fingerprint density at radius 3 is 2.67 bits per heavy atom. The van der Waals surface area contributed by atoms with Crippen LogP contribution in [0.5, 0.6) is 0 Å². The van der Waals surface area contributed by atoms with E-state index in [1.807, 2.05) is 0 Å². The molecular weight excluding hydrogens is 527 g/mol. The maximum absolute atomic E-state index is 13.8. The molecule has 1 atom stereocenters. The minimum atomic E-state index is -2.69. The molecule has 2 N–H and O–H groups in total. The molecule has 4 aromatic rings. The van der Waals surface area contributed by atoms with Crippen LogP contribution < -0.4 is 10.6 Å². The molecule has 11 heteroatoms. The molecule has 0 spiro atoms. The number of benzene rings is 2. The van der Waals surface area contributed by atoms with Crippen molar-refractivity contribution >= 4 is 33.9 Å². The third kappa shape index (κ3) is 5.11. The fourth-order valence-electron chi connectivity index (χ4n) is 5.18. The van der Waals surface area contributed by atoms with Gasteiger partial charge in [0.2, 0.25) is 5.92 Å². The molecule has 0 radical (unpaired) electrons. The molecule has 7 nitrogen and oxygen atoms in total. The van der Waals surface area contributed by atoms with E-state index in [1.165, 1.54) is 30.5 Å². The van der Waals surface area contributed by atoms with Crippen molar-refractivity contribution < 1.29 is 14.5 Å². The van der Waals surface area contributed by atoms with Crippen LogP contribution in [0.15, 0.2) is 48.8 Å². The third-order valence-corrected chi connectivity index (χ3v) is 7.49. The van der Waals surface area contributed by atoms with Crippen LogP contribution in [0.25, 0.3) is 10.9 Å². The molecular formula is C28H25ClF3N7. The first-order valence-electron chi connectivity index (χ1n) is 13.1. The van der Waals surface area contributed by atoms with E-state index < -0.39 is 23.2 Å². The van der Waals surface area contributed by atoms with Crippen LogP contribution in [0.3, 0.4) is 0 Å². The number of nitrogens with one attached hydrogen (secondary N) is 2. The predicted octanol–water partition coefficient (Wildman–Crippen LogP) is 6.87. The van der Waals surface area contributed by atoms with Gasteiger partial charge in [-0.1, -0.05) is 35.9 Å². The van der Waals surface area contributed by atoms with Gasteiger partial charge in [0, 0.05) is 36.7 Å². The molecule has 2 aromatic carbocycles. The predicted molar refractivity (Wildman–Crippen MR) is 142 cm³/mol. The fraction of sp³-hybridized carbons (Fsp3) is 0.357. The fourth-order valence-corrected chi connectivity index (χ4v) is 5.45. The van der Waals surface area contributed by atoms with E-state index in [4.69, 9.17) is 11.6 Å². The molecule has 39 heavy (non-hydrogen) atoms. The molecule has 0 amide bonds. The summed E-state index contributed by atoms with van der Waals surface area (Å²) >= 11 is 6.64. The van der Waals surface area contributed by atoms with Crippen molar-refractivity contribution in [3.05, 3.63) is 76.5 Å². The second-order valence-corrected chi connectivity index (χ2v) is 11.1. The largest absolute Gasteiger partial charge is 0.383 e. The highest BCUT2D eigenvalue weighted by Gasteiger charge is 2.53. The van der Waals surface area contributed by atoms with Crippen LogP contribution in [0, 0.1) is 22.6 Å². The Hall–Kier alpha value is -3.84. The maximum Gasteiger partial charge on any atom is 0.249 e. The Kier molecular flexibility index (Phi) is 5.85. The molecule has 2 saturated carbocycles. The van der Waals surface area contributed by atoms with Gasteiger partial charge in [0.05, 0.1) is 41.4 Å². The zero-order valence-electron chi connectivity index (χ0n) is 22.0. The van der Waals surface area contributed by atoms with E-state index in [0.717, 1.165) is 12.8 Å². The Morgan fingerprint density at radius 1 is 1.26 bits per heavy atom. The van der Waals surface area contributed by atoms with E-state index in [2.05, 4.69) is 32.0 Å². The summed E-state index contributed by atoms with van der Waals surface area (Å²) in [4.78, 5) is 4.35. The van der Waals surface area contributed by atoms with Gasteiger partial charge in [-0.25, -0.2) is 17.9 Å². The second kappa shape index (κ2) is 9.42. The first-order chi connectivity index (χ1) is 19.0. The van der Waals surface area contributed by atoms with Gasteiger partial charge in [-0.2, -0.15) is 5.26 Å². The van der Waals surface area contributed by atoms with Crippen LogP contribution in [0.4, 0.5) is 24.5 Å². The average molecular weight is 553 g/mol. The number of rotatable bonds is 8. The van der Waals surface area contributed by atoms with Crippen LogP contribution in [-0.2, 0) is 0 Å². The van der Waals surface area contributed by atoms with Gasteiger partial charge in [0.25, 0.3) is 0 Å². The van der Waals surface area contributed by atoms with Gasteiger partial charge in [-0.05, 0) is 48.1 Å². The van der Waals surface area contributed by atoms with E-state index in [-0.39, 0.29) is 36.0 Å². The van der Waals surface area contributed by atoms with Crippen molar-refractivity contribution in [2.75, 3.05) is 17.2 Å². The lowest BCUT2D eigenvalue weighted by atomic mass is 9.67. The Balaban J connectivity index is 1.41. The number of nitrogens with zero attached hydrogens (tertiary/aromatic N) is 5. The summed E-state index contributed by atoms with van der Waals surface area (Å²) in [5.41, 5.74) is 1.59. The van der Waals surface area contributed by atoms with Gasteiger partial charge in [-0.15, -0.1) is 5.10 Å². The summed E-state index contributed by atoms with van der Waals surface area (Å²) < 4.78 is 52.2. The van der Waals surface area contributed by atoms with Crippen molar-refractivity contribution in [1.29, 1.82) is 5.26 Å². The van der Waals surface area contributed by atoms with Gasteiger partial charge >= 0.3 is 0 Å². The number of aromatic nitrogens is 4. The summed E-state index contributed by atoms with van der Waals surface area (Å²) in [5, 5.41) is 25.4. The van der Waals surface area contributed by atoms with E-state index >= 15 is 0 Å². The molecule has 2 heterocycles. The summed E-state index contributed by atoms with van der Waals surface area (Å²) in [5.74, 6) is -3.13. The minimum Gasteiger partial charge on any atom is -0.383 e. The van der Waals surface area contributed by atoms with E-state index in [1.54, 1.807) is 29.9 Å². The SMILES string of the molecule is [2H][C@](Nc1cc(Cl)c2ncc(C#N)c(NCC3(C)CC(F)(F)C3)c2c1)(c1ccc(F)cc1)c1cn(C2CC2)nn1. The van der Waals surface area contributed by atoms with Crippen molar-refractivity contribution in [2.45, 2.75) is 50.6 Å².